The zero-order valence-electron chi connectivity index (χ0n) is 35.3. The molecule has 7 aromatic carbocycles. The smallest absolute Gasteiger partial charge is 0.656 e. The molecule has 292 valence electrons. The van der Waals surface area contributed by atoms with Crippen LogP contribution >= 0.6 is 0 Å². The van der Waals surface area contributed by atoms with Crippen molar-refractivity contribution in [1.29, 1.82) is 0 Å². The van der Waals surface area contributed by atoms with Gasteiger partial charge in [0.25, 0.3) is 0 Å². The molecule has 0 bridgehead atoms. The summed E-state index contributed by atoms with van der Waals surface area (Å²) in [5.41, 5.74) is 11.0. The normalized spacial score (nSPS) is 10.9. The van der Waals surface area contributed by atoms with Crippen LogP contribution in [-0.4, -0.2) is 4.98 Å². The van der Waals surface area contributed by atoms with Gasteiger partial charge < -0.3 is 4.98 Å². The third kappa shape index (κ3) is 11.9. The number of para-hydroxylation sites is 1. The fraction of sp³-hybridized carbons (Fsp3) is 0.143. The summed E-state index contributed by atoms with van der Waals surface area (Å²) in [6.45, 7) is 24.8. The molecule has 9 aromatic rings. The topological polar surface area (TPSA) is 27.0 Å². The molecule has 0 radical (unpaired) electrons. The van der Waals surface area contributed by atoms with E-state index in [0.29, 0.717) is 0 Å². The second kappa shape index (κ2) is 19.8. The third-order valence-corrected chi connectivity index (χ3v) is 9.97. The van der Waals surface area contributed by atoms with Crippen LogP contribution in [0.2, 0.25) is 0 Å². The van der Waals surface area contributed by atoms with Crippen LogP contribution in [0.15, 0.2) is 182 Å². The van der Waals surface area contributed by atoms with Gasteiger partial charge in [0.05, 0.1) is 5.52 Å². The molecule has 0 N–H and O–H groups in total. The average molecular weight is 846 g/mol. The molecule has 0 spiro atoms. The van der Waals surface area contributed by atoms with Gasteiger partial charge in [0, 0.05) is 11.1 Å². The fourth-order valence-corrected chi connectivity index (χ4v) is 6.62. The Morgan fingerprint density at radius 3 is 1.41 bits per heavy atom. The van der Waals surface area contributed by atoms with Crippen LogP contribution in [0.1, 0.15) is 69.4 Å². The van der Waals surface area contributed by atoms with Gasteiger partial charge >= 0.3 is 26.2 Å². The van der Waals surface area contributed by atoms with Crippen molar-refractivity contribution in [3.63, 3.8) is 0 Å². The number of benzene rings is 7. The minimum Gasteiger partial charge on any atom is -0.656 e. The zero-order valence-corrected chi connectivity index (χ0v) is 37.8. The van der Waals surface area contributed by atoms with Crippen molar-refractivity contribution < 1.29 is 26.2 Å². The largest absolute Gasteiger partial charge is 4.00 e. The predicted molar refractivity (Wildman–Crippen MR) is 251 cm³/mol. The van der Waals surface area contributed by atoms with Crippen molar-refractivity contribution >= 4 is 32.4 Å². The first-order valence-electron chi connectivity index (χ1n) is 19.9. The minimum atomic E-state index is 0. The van der Waals surface area contributed by atoms with Gasteiger partial charge in [-0.1, -0.05) is 133 Å². The monoisotopic (exact) mass is 844 g/mol. The molecular formula is C56H54N2Zr. The maximum atomic E-state index is 5.16. The molecule has 9 rings (SSSR count). The summed E-state index contributed by atoms with van der Waals surface area (Å²) in [6, 6.07) is 62.5. The van der Waals surface area contributed by atoms with Gasteiger partial charge in [0.1, 0.15) is 0 Å². The second-order valence-corrected chi connectivity index (χ2v) is 16.7. The van der Waals surface area contributed by atoms with Crippen LogP contribution in [0.25, 0.3) is 55.1 Å². The third-order valence-electron chi connectivity index (χ3n) is 9.97. The van der Waals surface area contributed by atoms with Crippen LogP contribution in [0.5, 0.6) is 0 Å². The molecule has 0 aliphatic heterocycles. The number of fused-ring (bicyclic) bond motifs is 3. The number of hydrogen-bond acceptors (Lipinski definition) is 1. The van der Waals surface area contributed by atoms with Crippen LogP contribution in [-0.2, 0) is 37.0 Å². The van der Waals surface area contributed by atoms with Gasteiger partial charge in [-0.15, -0.1) is 47.8 Å². The molecule has 0 aliphatic rings. The van der Waals surface area contributed by atoms with E-state index in [0.717, 1.165) is 44.7 Å². The predicted octanol–water partition coefficient (Wildman–Crippen LogP) is 15.0. The van der Waals surface area contributed by atoms with Gasteiger partial charge in [-0.05, 0) is 67.3 Å². The summed E-state index contributed by atoms with van der Waals surface area (Å²) in [7, 11) is 0. The Balaban J connectivity index is 0.000000243. The second-order valence-electron chi connectivity index (χ2n) is 16.7. The maximum Gasteiger partial charge on any atom is 4.00 e. The van der Waals surface area contributed by atoms with E-state index in [1.807, 2.05) is 103 Å². The molecule has 0 saturated carbocycles. The molecule has 2 heterocycles. The van der Waals surface area contributed by atoms with E-state index in [1.165, 1.54) is 38.2 Å². The summed E-state index contributed by atoms with van der Waals surface area (Å²) in [4.78, 5) is 10.1. The molecule has 2 nitrogen and oxygen atoms in total. The van der Waals surface area contributed by atoms with Crippen LogP contribution in [0, 0.1) is 20.8 Å². The quantitative estimate of drug-likeness (QED) is 0.128. The molecule has 0 fully saturated rings. The van der Waals surface area contributed by atoms with Crippen molar-refractivity contribution in [2.45, 2.75) is 52.4 Å². The zero-order chi connectivity index (χ0) is 41.3. The Hall–Kier alpha value is -5.76. The first-order valence-corrected chi connectivity index (χ1v) is 19.9. The first kappa shape index (κ1) is 44.3. The van der Waals surface area contributed by atoms with Crippen LogP contribution in [0.4, 0.5) is 0 Å². The SMILES string of the molecule is CC(C)(C)c1ccc2c(-c3ccc(-c4ccc5ccccc5n4)[n-]3)c3cc(C(C)(C)C)ccc3cc2c1.[CH2-]c1ccccc1.[CH2-]c1ccccc1.[CH2-]c1ccccc1.[Zr+4]. The Morgan fingerprint density at radius 1 is 0.407 bits per heavy atom. The van der Waals surface area contributed by atoms with Gasteiger partial charge in [0.2, 0.25) is 0 Å². The van der Waals surface area contributed by atoms with E-state index in [1.54, 1.807) is 0 Å². The van der Waals surface area contributed by atoms with Gasteiger partial charge in [0.15, 0.2) is 0 Å². The molecular weight excluding hydrogens is 792 g/mol. The van der Waals surface area contributed by atoms with E-state index < -0.39 is 0 Å². The van der Waals surface area contributed by atoms with Crippen molar-refractivity contribution in [1.82, 2.24) is 9.97 Å². The van der Waals surface area contributed by atoms with Gasteiger partial charge in [-0.25, -0.2) is 4.98 Å². The molecule has 0 aliphatic carbocycles. The van der Waals surface area contributed by atoms with Crippen molar-refractivity contribution in [2.75, 3.05) is 0 Å². The van der Waals surface area contributed by atoms with Crippen molar-refractivity contribution in [2.24, 2.45) is 0 Å². The Labute approximate surface area is 371 Å². The molecule has 0 atom stereocenters. The standard InChI is InChI=1S/C35H33N2.3C7H7.Zr/c1-34(2,3)25-14-15-27-24(20-25)19-23-11-13-26(35(4,5)6)21-28(23)33(27)32-18-17-31(37-32)30-16-12-22-9-7-8-10-29(22)36-30;3*1-7-5-3-2-4-6-7;/h7-21H,1-6H3;3*2-6H,1H2;/q4*-1;+4. The molecule has 0 unspecified atom stereocenters. The fourth-order valence-electron chi connectivity index (χ4n) is 6.62. The van der Waals surface area contributed by atoms with E-state index in [2.05, 4.69) is 141 Å². The summed E-state index contributed by atoms with van der Waals surface area (Å²) in [6.07, 6.45) is 0. The molecule has 3 heteroatoms. The van der Waals surface area contributed by atoms with Crippen molar-refractivity contribution in [3.8, 4) is 22.6 Å². The molecule has 2 aromatic heterocycles. The van der Waals surface area contributed by atoms with E-state index in [9.17, 15) is 0 Å². The molecule has 59 heavy (non-hydrogen) atoms. The summed E-state index contributed by atoms with van der Waals surface area (Å²) >= 11 is 0. The number of aromatic nitrogens is 2. The number of pyridine rings is 1. The maximum absolute atomic E-state index is 5.16. The van der Waals surface area contributed by atoms with E-state index in [4.69, 9.17) is 9.97 Å². The Kier molecular flexibility index (Phi) is 14.9. The molecule has 0 saturated heterocycles. The number of hydrogen-bond donors (Lipinski definition) is 0. The molecule has 0 amide bonds. The minimum absolute atomic E-state index is 0. The Bertz CT molecular complexity index is 2610. The first-order chi connectivity index (χ1) is 27.8. The summed E-state index contributed by atoms with van der Waals surface area (Å²) < 4.78 is 0. The summed E-state index contributed by atoms with van der Waals surface area (Å²) in [5.74, 6) is 0. The van der Waals surface area contributed by atoms with Gasteiger partial charge in [-0.3, -0.25) is 0 Å². The average Bonchev–Trinajstić information content (AvgIpc) is 3.70. The van der Waals surface area contributed by atoms with Gasteiger partial charge in [-0.2, -0.15) is 73.9 Å². The number of nitrogens with zero attached hydrogens (tertiary/aromatic N) is 2. The Morgan fingerprint density at radius 2 is 0.881 bits per heavy atom. The summed E-state index contributed by atoms with van der Waals surface area (Å²) in [5, 5.41) is 6.13. The van der Waals surface area contributed by atoms with Crippen molar-refractivity contribution in [3.05, 3.63) is 231 Å². The van der Waals surface area contributed by atoms with E-state index >= 15 is 0 Å². The van der Waals surface area contributed by atoms with Crippen LogP contribution < -0.4 is 4.98 Å². The van der Waals surface area contributed by atoms with E-state index in [-0.39, 0.29) is 37.0 Å². The van der Waals surface area contributed by atoms with Crippen LogP contribution in [0.3, 0.4) is 0 Å². The number of rotatable bonds is 2.